The molecule has 1 saturated heterocycles. The van der Waals surface area contributed by atoms with Gasteiger partial charge in [0.2, 0.25) is 0 Å². The molecule has 0 radical (unpaired) electrons. The smallest absolute Gasteiger partial charge is 0.256 e. The molecule has 0 bridgehead atoms. The lowest BCUT2D eigenvalue weighted by molar-refractivity contribution is 0.0209. The van der Waals surface area contributed by atoms with E-state index in [4.69, 9.17) is 4.74 Å². The van der Waals surface area contributed by atoms with E-state index in [1.54, 1.807) is 0 Å². The van der Waals surface area contributed by atoms with Gasteiger partial charge in [-0.2, -0.15) is 0 Å². The lowest BCUT2D eigenvalue weighted by Crippen LogP contribution is -2.42. The number of nitrogens with zero attached hydrogens (tertiary/aromatic N) is 2. The van der Waals surface area contributed by atoms with Crippen molar-refractivity contribution >= 4 is 12.1 Å². The number of rotatable bonds is 5. The Kier molecular flexibility index (Phi) is 4.68. The highest BCUT2D eigenvalue weighted by Crippen LogP contribution is 2.28. The molecule has 2 aliphatic heterocycles. The number of benzene rings is 1. The minimum absolute atomic E-state index is 0.0594. The SMILES string of the molecule is CCC[C@@H]1OC[C@H](CC2=CCC=N2)N1C(=O)c1ccccc1. The summed E-state index contributed by atoms with van der Waals surface area (Å²) in [7, 11) is 0. The zero-order chi connectivity index (χ0) is 15.4. The Labute approximate surface area is 131 Å². The molecule has 2 aliphatic rings. The van der Waals surface area contributed by atoms with Crippen molar-refractivity contribution in [3.8, 4) is 0 Å². The van der Waals surface area contributed by atoms with Gasteiger partial charge in [-0.1, -0.05) is 37.6 Å². The molecule has 0 aromatic heterocycles. The van der Waals surface area contributed by atoms with Crippen LogP contribution in [0, 0.1) is 0 Å². The number of aliphatic imine (C=N–C) groups is 1. The van der Waals surface area contributed by atoms with Crippen molar-refractivity contribution < 1.29 is 9.53 Å². The zero-order valence-electron chi connectivity index (χ0n) is 12.9. The van der Waals surface area contributed by atoms with E-state index in [2.05, 4.69) is 18.0 Å². The van der Waals surface area contributed by atoms with Crippen molar-refractivity contribution in [2.24, 2.45) is 4.99 Å². The van der Waals surface area contributed by atoms with Gasteiger partial charge in [0.25, 0.3) is 5.91 Å². The molecule has 1 amide bonds. The Bertz CT molecular complexity index is 580. The van der Waals surface area contributed by atoms with Crippen LogP contribution < -0.4 is 0 Å². The average Bonchev–Trinajstić information content (AvgIpc) is 3.19. The lowest BCUT2D eigenvalue weighted by atomic mass is 10.1. The minimum Gasteiger partial charge on any atom is -0.356 e. The summed E-state index contributed by atoms with van der Waals surface area (Å²) < 4.78 is 5.90. The average molecular weight is 298 g/mol. The Morgan fingerprint density at radius 1 is 1.36 bits per heavy atom. The second kappa shape index (κ2) is 6.88. The second-order valence-corrected chi connectivity index (χ2v) is 5.76. The molecule has 116 valence electrons. The Hall–Kier alpha value is -1.94. The summed E-state index contributed by atoms with van der Waals surface area (Å²) >= 11 is 0. The Balaban J connectivity index is 1.80. The van der Waals surface area contributed by atoms with Crippen molar-refractivity contribution in [2.75, 3.05) is 6.61 Å². The molecule has 1 fully saturated rings. The molecule has 4 heteroatoms. The highest BCUT2D eigenvalue weighted by Gasteiger charge is 2.38. The van der Waals surface area contributed by atoms with Gasteiger partial charge < -0.3 is 9.64 Å². The molecule has 22 heavy (non-hydrogen) atoms. The molecule has 2 heterocycles. The molecule has 3 rings (SSSR count). The monoisotopic (exact) mass is 298 g/mol. The van der Waals surface area contributed by atoms with Gasteiger partial charge in [-0.25, -0.2) is 0 Å². The van der Waals surface area contributed by atoms with E-state index in [1.165, 1.54) is 0 Å². The molecule has 0 unspecified atom stereocenters. The molecule has 1 aromatic carbocycles. The van der Waals surface area contributed by atoms with Gasteiger partial charge in [-0.3, -0.25) is 9.79 Å². The maximum atomic E-state index is 12.9. The van der Waals surface area contributed by atoms with Crippen LogP contribution in [-0.2, 0) is 4.74 Å². The Morgan fingerprint density at radius 2 is 2.18 bits per heavy atom. The number of carbonyl (C=O) groups is 1. The van der Waals surface area contributed by atoms with E-state index >= 15 is 0 Å². The third-order valence-corrected chi connectivity index (χ3v) is 4.14. The van der Waals surface area contributed by atoms with E-state index < -0.39 is 0 Å². The van der Waals surface area contributed by atoms with Crippen LogP contribution in [0.15, 0.2) is 47.1 Å². The van der Waals surface area contributed by atoms with Gasteiger partial charge in [0.05, 0.1) is 12.6 Å². The molecule has 2 atom stereocenters. The minimum atomic E-state index is -0.117. The first-order valence-electron chi connectivity index (χ1n) is 8.00. The van der Waals surface area contributed by atoms with Gasteiger partial charge in [0, 0.05) is 30.3 Å². The zero-order valence-corrected chi connectivity index (χ0v) is 12.9. The molecule has 1 aromatic rings. The normalized spacial score (nSPS) is 23.9. The van der Waals surface area contributed by atoms with Crippen molar-refractivity contribution in [3.63, 3.8) is 0 Å². The summed E-state index contributed by atoms with van der Waals surface area (Å²) in [4.78, 5) is 19.2. The molecular weight excluding hydrogens is 276 g/mol. The van der Waals surface area contributed by atoms with E-state index in [9.17, 15) is 4.79 Å². The maximum Gasteiger partial charge on any atom is 0.256 e. The summed E-state index contributed by atoms with van der Waals surface area (Å²) in [6.07, 6.45) is 7.46. The molecule has 4 nitrogen and oxygen atoms in total. The molecule has 0 spiro atoms. The van der Waals surface area contributed by atoms with Crippen molar-refractivity contribution in [3.05, 3.63) is 47.7 Å². The fourth-order valence-corrected chi connectivity index (χ4v) is 3.06. The summed E-state index contributed by atoms with van der Waals surface area (Å²) in [5.41, 5.74) is 1.79. The molecule has 0 N–H and O–H groups in total. The van der Waals surface area contributed by atoms with Crippen molar-refractivity contribution in [1.29, 1.82) is 0 Å². The third kappa shape index (κ3) is 3.12. The number of amides is 1. The second-order valence-electron chi connectivity index (χ2n) is 5.76. The molecule has 0 aliphatic carbocycles. The van der Waals surface area contributed by atoms with Crippen LogP contribution in [0.4, 0.5) is 0 Å². The quantitative estimate of drug-likeness (QED) is 0.836. The van der Waals surface area contributed by atoms with Crippen LogP contribution in [0.1, 0.15) is 43.0 Å². The van der Waals surface area contributed by atoms with Gasteiger partial charge in [-0.15, -0.1) is 0 Å². The Morgan fingerprint density at radius 3 is 2.86 bits per heavy atom. The van der Waals surface area contributed by atoms with Crippen molar-refractivity contribution in [1.82, 2.24) is 4.90 Å². The van der Waals surface area contributed by atoms with E-state index in [0.717, 1.165) is 36.9 Å². The highest BCUT2D eigenvalue weighted by molar-refractivity contribution is 5.94. The number of hydrogen-bond donors (Lipinski definition) is 0. The summed E-state index contributed by atoms with van der Waals surface area (Å²) in [5, 5.41) is 0. The van der Waals surface area contributed by atoms with E-state index in [-0.39, 0.29) is 18.2 Å². The van der Waals surface area contributed by atoms with Gasteiger partial charge in [-0.05, 0) is 18.6 Å². The predicted octanol–water partition coefficient (Wildman–Crippen LogP) is 3.40. The third-order valence-electron chi connectivity index (χ3n) is 4.14. The van der Waals surface area contributed by atoms with Gasteiger partial charge >= 0.3 is 0 Å². The number of allylic oxidation sites excluding steroid dienone is 1. The van der Waals surface area contributed by atoms with Crippen LogP contribution in [-0.4, -0.2) is 35.9 Å². The van der Waals surface area contributed by atoms with Crippen LogP contribution >= 0.6 is 0 Å². The van der Waals surface area contributed by atoms with E-state index in [0.29, 0.717) is 6.61 Å². The number of ether oxygens (including phenoxy) is 1. The first-order chi connectivity index (χ1) is 10.8. The number of hydrogen-bond acceptors (Lipinski definition) is 3. The maximum absolute atomic E-state index is 12.9. The standard InChI is InChI=1S/C18H22N2O2/c1-2-7-17-20(18(21)14-8-4-3-5-9-14)16(13-22-17)12-15-10-6-11-19-15/h3-5,8-11,16-17H,2,6-7,12-13H2,1H3/t16-,17-/m0/s1. The van der Waals surface area contributed by atoms with Crippen LogP contribution in [0.3, 0.4) is 0 Å². The van der Waals surface area contributed by atoms with Crippen LogP contribution in [0.25, 0.3) is 0 Å². The first-order valence-corrected chi connectivity index (χ1v) is 8.00. The van der Waals surface area contributed by atoms with Crippen LogP contribution in [0.2, 0.25) is 0 Å². The molecule has 0 saturated carbocycles. The largest absolute Gasteiger partial charge is 0.356 e. The van der Waals surface area contributed by atoms with Gasteiger partial charge in [0.1, 0.15) is 6.23 Å². The summed E-state index contributed by atoms with van der Waals surface area (Å²) in [5.74, 6) is 0.0594. The summed E-state index contributed by atoms with van der Waals surface area (Å²) in [6.45, 7) is 2.71. The van der Waals surface area contributed by atoms with Crippen LogP contribution in [0.5, 0.6) is 0 Å². The van der Waals surface area contributed by atoms with Crippen molar-refractivity contribution in [2.45, 2.75) is 44.9 Å². The highest BCUT2D eigenvalue weighted by atomic mass is 16.5. The topological polar surface area (TPSA) is 41.9 Å². The van der Waals surface area contributed by atoms with Gasteiger partial charge in [0.15, 0.2) is 0 Å². The number of carbonyl (C=O) groups excluding carboxylic acids is 1. The fraction of sp³-hybridized carbons (Fsp3) is 0.444. The predicted molar refractivity (Wildman–Crippen MR) is 86.9 cm³/mol. The molecular formula is C18H22N2O2. The fourth-order valence-electron chi connectivity index (χ4n) is 3.06. The first kappa shape index (κ1) is 15.0. The lowest BCUT2D eigenvalue weighted by Gasteiger charge is -2.28. The summed E-state index contributed by atoms with van der Waals surface area (Å²) in [6, 6.07) is 9.54. The van der Waals surface area contributed by atoms with E-state index in [1.807, 2.05) is 41.4 Å².